The van der Waals surface area contributed by atoms with Crippen LogP contribution in [0.15, 0.2) is 0 Å². The predicted molar refractivity (Wildman–Crippen MR) is 72.8 cm³/mol. The van der Waals surface area contributed by atoms with Crippen LogP contribution in [0.2, 0.25) is 0 Å². The van der Waals surface area contributed by atoms with Gasteiger partial charge in [-0.15, -0.1) is 0 Å². The van der Waals surface area contributed by atoms with E-state index in [1.807, 2.05) is 13.8 Å². The molecule has 19 heavy (non-hydrogen) atoms. The van der Waals surface area contributed by atoms with Gasteiger partial charge in [0, 0.05) is 32.2 Å². The van der Waals surface area contributed by atoms with Crippen molar-refractivity contribution in [3.05, 3.63) is 0 Å². The molecule has 110 valence electrons. The van der Waals surface area contributed by atoms with Gasteiger partial charge in [-0.1, -0.05) is 6.92 Å². The molecule has 0 radical (unpaired) electrons. The fourth-order valence-corrected chi connectivity index (χ4v) is 1.81. The van der Waals surface area contributed by atoms with E-state index >= 15 is 0 Å². The topological polar surface area (TPSA) is 70.7 Å². The lowest BCUT2D eigenvalue weighted by Gasteiger charge is -2.26. The molecule has 0 spiro atoms. The first kappa shape index (κ1) is 15.9. The minimum absolute atomic E-state index is 0.0898. The number of carbonyl (C=O) groups excluding carboxylic acids is 2. The Morgan fingerprint density at radius 3 is 2.58 bits per heavy atom. The number of nitrogens with zero attached hydrogens (tertiary/aromatic N) is 1. The number of carbonyl (C=O) groups is 2. The van der Waals surface area contributed by atoms with E-state index in [2.05, 4.69) is 15.5 Å². The second-order valence-corrected chi connectivity index (χ2v) is 4.86. The summed E-state index contributed by atoms with van der Waals surface area (Å²) >= 11 is 0. The zero-order valence-corrected chi connectivity index (χ0v) is 11.9. The summed E-state index contributed by atoms with van der Waals surface area (Å²) < 4.78 is 5.25. The summed E-state index contributed by atoms with van der Waals surface area (Å²) in [5, 5.41) is 5.54. The molecule has 0 aromatic heterocycles. The van der Waals surface area contributed by atoms with Crippen molar-refractivity contribution in [2.75, 3.05) is 39.4 Å². The third-order valence-corrected chi connectivity index (χ3v) is 3.19. The molecule has 1 heterocycles. The lowest BCUT2D eigenvalue weighted by atomic mass is 10.2. The highest BCUT2D eigenvalue weighted by Gasteiger charge is 2.12. The summed E-state index contributed by atoms with van der Waals surface area (Å²) in [4.78, 5) is 25.3. The Bertz CT molecular complexity index is 291. The van der Waals surface area contributed by atoms with Crippen molar-refractivity contribution in [1.29, 1.82) is 0 Å². The van der Waals surface area contributed by atoms with Crippen LogP contribution >= 0.6 is 0 Å². The molecular formula is C13H25N3O3. The Labute approximate surface area is 114 Å². The van der Waals surface area contributed by atoms with E-state index in [-0.39, 0.29) is 24.3 Å². The first-order valence-corrected chi connectivity index (χ1v) is 6.98. The van der Waals surface area contributed by atoms with Crippen LogP contribution < -0.4 is 10.6 Å². The molecule has 0 saturated carbocycles. The summed E-state index contributed by atoms with van der Waals surface area (Å²) in [6.45, 7) is 8.63. The highest BCUT2D eigenvalue weighted by atomic mass is 16.5. The molecule has 0 aromatic rings. The zero-order chi connectivity index (χ0) is 14.1. The fraction of sp³-hybridized carbons (Fsp3) is 0.846. The number of ether oxygens (including phenoxy) is 1. The maximum atomic E-state index is 11.5. The average molecular weight is 271 g/mol. The fourth-order valence-electron chi connectivity index (χ4n) is 1.81. The Hall–Kier alpha value is -1.14. The van der Waals surface area contributed by atoms with Crippen LogP contribution in [0.1, 0.15) is 26.7 Å². The van der Waals surface area contributed by atoms with Crippen molar-refractivity contribution in [2.24, 2.45) is 0 Å². The van der Waals surface area contributed by atoms with E-state index < -0.39 is 0 Å². The van der Waals surface area contributed by atoms with Crippen LogP contribution in [0.25, 0.3) is 0 Å². The second-order valence-electron chi connectivity index (χ2n) is 4.86. The van der Waals surface area contributed by atoms with Crippen LogP contribution in [-0.4, -0.2) is 62.1 Å². The number of hydrogen-bond donors (Lipinski definition) is 2. The molecule has 1 saturated heterocycles. The van der Waals surface area contributed by atoms with Gasteiger partial charge in [0.15, 0.2) is 0 Å². The molecule has 0 aromatic carbocycles. The summed E-state index contributed by atoms with van der Waals surface area (Å²) in [6, 6.07) is 0.119. The highest BCUT2D eigenvalue weighted by Crippen LogP contribution is 1.95. The molecule has 1 aliphatic rings. The first-order valence-electron chi connectivity index (χ1n) is 6.98. The van der Waals surface area contributed by atoms with Gasteiger partial charge in [-0.25, -0.2) is 0 Å². The van der Waals surface area contributed by atoms with Gasteiger partial charge in [0.05, 0.1) is 13.2 Å². The Kier molecular flexibility index (Phi) is 7.43. The summed E-state index contributed by atoms with van der Waals surface area (Å²) in [6.07, 6.45) is 0.776. The van der Waals surface area contributed by atoms with Gasteiger partial charge in [0.25, 0.3) is 0 Å². The quantitative estimate of drug-likeness (QED) is 0.626. The molecule has 1 atom stereocenters. The largest absolute Gasteiger partial charge is 0.379 e. The third-order valence-electron chi connectivity index (χ3n) is 3.19. The van der Waals surface area contributed by atoms with Crippen molar-refractivity contribution >= 4 is 11.8 Å². The monoisotopic (exact) mass is 271 g/mol. The molecule has 0 bridgehead atoms. The molecule has 1 aliphatic heterocycles. The van der Waals surface area contributed by atoms with Crippen molar-refractivity contribution in [3.8, 4) is 0 Å². The number of morpholine rings is 1. The van der Waals surface area contributed by atoms with Crippen LogP contribution in [-0.2, 0) is 14.3 Å². The van der Waals surface area contributed by atoms with Crippen molar-refractivity contribution in [3.63, 3.8) is 0 Å². The number of nitrogens with one attached hydrogen (secondary N) is 2. The van der Waals surface area contributed by atoms with Gasteiger partial charge in [-0.05, 0) is 13.3 Å². The standard InChI is InChI=1S/C13H25N3O3/c1-3-11(2)15-13(18)10-12(17)14-4-5-16-6-8-19-9-7-16/h11H,3-10H2,1-2H3,(H,14,17)(H,15,18). The van der Waals surface area contributed by atoms with Gasteiger partial charge >= 0.3 is 0 Å². The van der Waals surface area contributed by atoms with E-state index in [0.29, 0.717) is 6.54 Å². The Morgan fingerprint density at radius 2 is 1.95 bits per heavy atom. The summed E-state index contributed by atoms with van der Waals surface area (Å²) in [5.41, 5.74) is 0. The lowest BCUT2D eigenvalue weighted by molar-refractivity contribution is -0.129. The number of amides is 2. The van der Waals surface area contributed by atoms with Gasteiger partial charge in [0.1, 0.15) is 6.42 Å². The van der Waals surface area contributed by atoms with Gasteiger partial charge in [-0.2, -0.15) is 0 Å². The van der Waals surface area contributed by atoms with E-state index in [9.17, 15) is 9.59 Å². The Morgan fingerprint density at radius 1 is 1.26 bits per heavy atom. The van der Waals surface area contributed by atoms with E-state index in [4.69, 9.17) is 4.74 Å². The molecule has 1 fully saturated rings. The molecule has 1 rings (SSSR count). The minimum atomic E-state index is -0.214. The smallest absolute Gasteiger partial charge is 0.229 e. The molecule has 2 amide bonds. The second kappa shape index (κ2) is 8.87. The maximum Gasteiger partial charge on any atom is 0.229 e. The average Bonchev–Trinajstić information content (AvgIpc) is 2.39. The zero-order valence-electron chi connectivity index (χ0n) is 11.9. The minimum Gasteiger partial charge on any atom is -0.379 e. The number of rotatable bonds is 7. The summed E-state index contributed by atoms with van der Waals surface area (Å²) in [5.74, 6) is -0.424. The molecule has 6 nitrogen and oxygen atoms in total. The normalized spacial score (nSPS) is 17.8. The molecule has 0 aliphatic carbocycles. The maximum absolute atomic E-state index is 11.5. The van der Waals surface area contributed by atoms with E-state index in [0.717, 1.165) is 39.3 Å². The molecule has 6 heteroatoms. The SMILES string of the molecule is CCC(C)NC(=O)CC(=O)NCCN1CCOCC1. The molecule has 2 N–H and O–H groups in total. The first-order chi connectivity index (χ1) is 9.11. The highest BCUT2D eigenvalue weighted by molar-refractivity contribution is 5.96. The van der Waals surface area contributed by atoms with Crippen molar-refractivity contribution in [2.45, 2.75) is 32.7 Å². The van der Waals surface area contributed by atoms with Gasteiger partial charge in [0.2, 0.25) is 11.8 Å². The Balaban J connectivity index is 2.08. The van der Waals surface area contributed by atoms with E-state index in [1.54, 1.807) is 0 Å². The molecule has 1 unspecified atom stereocenters. The van der Waals surface area contributed by atoms with Crippen LogP contribution in [0.4, 0.5) is 0 Å². The van der Waals surface area contributed by atoms with Crippen LogP contribution in [0.3, 0.4) is 0 Å². The van der Waals surface area contributed by atoms with Gasteiger partial charge in [-0.3, -0.25) is 14.5 Å². The predicted octanol–water partition coefficient (Wildman–Crippen LogP) is -0.260. The van der Waals surface area contributed by atoms with Crippen molar-refractivity contribution < 1.29 is 14.3 Å². The van der Waals surface area contributed by atoms with Gasteiger partial charge < -0.3 is 15.4 Å². The van der Waals surface area contributed by atoms with E-state index in [1.165, 1.54) is 0 Å². The third kappa shape index (κ3) is 7.12. The summed E-state index contributed by atoms with van der Waals surface area (Å²) in [7, 11) is 0. The number of hydrogen-bond acceptors (Lipinski definition) is 4. The lowest BCUT2D eigenvalue weighted by Crippen LogP contribution is -2.42. The van der Waals surface area contributed by atoms with Crippen molar-refractivity contribution in [1.82, 2.24) is 15.5 Å². The molecular weight excluding hydrogens is 246 g/mol. The van der Waals surface area contributed by atoms with Crippen LogP contribution in [0, 0.1) is 0 Å². The van der Waals surface area contributed by atoms with Crippen LogP contribution in [0.5, 0.6) is 0 Å².